The van der Waals surface area contributed by atoms with Gasteiger partial charge in [-0.15, -0.1) is 0 Å². The highest BCUT2D eigenvalue weighted by Crippen LogP contribution is 2.36. The van der Waals surface area contributed by atoms with Crippen LogP contribution in [0.4, 0.5) is 0 Å². The molecule has 0 bridgehead atoms. The minimum atomic E-state index is -1.25. The van der Waals surface area contributed by atoms with Gasteiger partial charge in [-0.3, -0.25) is 9.36 Å². The van der Waals surface area contributed by atoms with Crippen molar-refractivity contribution in [2.45, 2.75) is 19.4 Å². The van der Waals surface area contributed by atoms with E-state index in [-0.39, 0.29) is 11.6 Å². The molecule has 0 amide bonds. The van der Waals surface area contributed by atoms with Gasteiger partial charge in [-0.1, -0.05) is 18.2 Å². The van der Waals surface area contributed by atoms with Crippen molar-refractivity contribution in [1.29, 1.82) is 0 Å². The maximum Gasteiger partial charge on any atom is 0.342 e. The van der Waals surface area contributed by atoms with Crippen molar-refractivity contribution in [1.82, 2.24) is 14.5 Å². The number of aromatic nitrogens is 3. The highest BCUT2D eigenvalue weighted by molar-refractivity contribution is 5.91. The summed E-state index contributed by atoms with van der Waals surface area (Å²) >= 11 is 0. The summed E-state index contributed by atoms with van der Waals surface area (Å²) in [4.78, 5) is 31.1. The first-order valence-electron chi connectivity index (χ1n) is 7.02. The van der Waals surface area contributed by atoms with E-state index in [0.29, 0.717) is 12.2 Å². The average molecular weight is 295 g/mol. The van der Waals surface area contributed by atoms with Crippen molar-refractivity contribution in [2.75, 3.05) is 0 Å². The number of nitrogens with one attached hydrogen (secondary N) is 1. The van der Waals surface area contributed by atoms with Crippen LogP contribution < -0.4 is 5.56 Å². The smallest absolute Gasteiger partial charge is 0.342 e. The molecule has 0 radical (unpaired) electrons. The van der Waals surface area contributed by atoms with Crippen LogP contribution in [0.5, 0.6) is 0 Å². The summed E-state index contributed by atoms with van der Waals surface area (Å²) in [5.41, 5.74) is 2.11. The Bertz CT molecular complexity index is 984. The molecule has 6 heteroatoms. The molecule has 6 nitrogen and oxygen atoms in total. The lowest BCUT2D eigenvalue weighted by Gasteiger charge is -2.24. The molecule has 0 spiro atoms. The van der Waals surface area contributed by atoms with Crippen molar-refractivity contribution < 1.29 is 9.90 Å². The standard InChI is InChI=1S/C16H13N3O3/c1-8-6-10-9-4-2-3-5-12(9)18-13(10)14-17-7-11(16(21)22)15(20)19(8)14/h2-5,7-8,18H,6H2,1H3,(H,21,22). The van der Waals surface area contributed by atoms with Gasteiger partial charge in [-0.2, -0.15) is 0 Å². The first kappa shape index (κ1) is 12.8. The topological polar surface area (TPSA) is 88.0 Å². The van der Waals surface area contributed by atoms with E-state index in [4.69, 9.17) is 5.11 Å². The molecule has 2 N–H and O–H groups in total. The molecule has 22 heavy (non-hydrogen) atoms. The van der Waals surface area contributed by atoms with E-state index in [1.54, 1.807) is 0 Å². The van der Waals surface area contributed by atoms with Gasteiger partial charge in [0, 0.05) is 23.1 Å². The third-order valence-corrected chi connectivity index (χ3v) is 4.20. The van der Waals surface area contributed by atoms with Crippen molar-refractivity contribution >= 4 is 16.9 Å². The number of para-hydroxylation sites is 1. The first-order valence-corrected chi connectivity index (χ1v) is 7.02. The lowest BCUT2D eigenvalue weighted by Crippen LogP contribution is -2.33. The maximum atomic E-state index is 12.4. The van der Waals surface area contributed by atoms with Crippen molar-refractivity contribution in [3.63, 3.8) is 0 Å². The van der Waals surface area contributed by atoms with Crippen LogP contribution in [-0.2, 0) is 6.42 Å². The molecule has 110 valence electrons. The van der Waals surface area contributed by atoms with E-state index >= 15 is 0 Å². The zero-order valence-electron chi connectivity index (χ0n) is 11.8. The van der Waals surface area contributed by atoms with Crippen molar-refractivity contribution in [2.24, 2.45) is 0 Å². The maximum absolute atomic E-state index is 12.4. The van der Waals surface area contributed by atoms with Gasteiger partial charge in [0.2, 0.25) is 0 Å². The van der Waals surface area contributed by atoms with Crippen LogP contribution in [0.1, 0.15) is 28.9 Å². The molecular formula is C16H13N3O3. The summed E-state index contributed by atoms with van der Waals surface area (Å²) in [6, 6.07) is 7.80. The lowest BCUT2D eigenvalue weighted by molar-refractivity contribution is 0.0693. The van der Waals surface area contributed by atoms with Crippen LogP contribution in [0.2, 0.25) is 0 Å². The fourth-order valence-electron chi connectivity index (χ4n) is 3.20. The van der Waals surface area contributed by atoms with E-state index in [2.05, 4.69) is 9.97 Å². The molecule has 3 heterocycles. The zero-order valence-corrected chi connectivity index (χ0v) is 11.8. The van der Waals surface area contributed by atoms with Gasteiger partial charge in [-0.25, -0.2) is 9.78 Å². The van der Waals surface area contributed by atoms with E-state index in [1.165, 1.54) is 4.57 Å². The van der Waals surface area contributed by atoms with Crippen LogP contribution in [-0.4, -0.2) is 25.6 Å². The largest absolute Gasteiger partial charge is 0.477 e. The quantitative estimate of drug-likeness (QED) is 0.720. The average Bonchev–Trinajstić information content (AvgIpc) is 2.86. The number of carboxylic acids is 1. The van der Waals surface area contributed by atoms with E-state index < -0.39 is 11.5 Å². The molecule has 0 aliphatic carbocycles. The second-order valence-electron chi connectivity index (χ2n) is 5.55. The number of H-pyrrole nitrogens is 1. The molecule has 1 aromatic carbocycles. The second-order valence-corrected chi connectivity index (χ2v) is 5.55. The summed E-state index contributed by atoms with van der Waals surface area (Å²) in [6.45, 7) is 1.91. The van der Waals surface area contributed by atoms with E-state index in [0.717, 1.165) is 28.4 Å². The Labute approximate surface area is 125 Å². The summed E-state index contributed by atoms with van der Waals surface area (Å²) in [7, 11) is 0. The summed E-state index contributed by atoms with van der Waals surface area (Å²) < 4.78 is 1.47. The molecule has 1 atom stereocenters. The Balaban J connectivity index is 2.07. The zero-order chi connectivity index (χ0) is 15.4. The summed E-state index contributed by atoms with van der Waals surface area (Å²) in [5, 5.41) is 10.2. The number of aromatic amines is 1. The van der Waals surface area contributed by atoms with E-state index in [9.17, 15) is 9.59 Å². The van der Waals surface area contributed by atoms with Crippen LogP contribution >= 0.6 is 0 Å². The monoisotopic (exact) mass is 295 g/mol. The Morgan fingerprint density at radius 3 is 2.95 bits per heavy atom. The first-order chi connectivity index (χ1) is 10.6. The normalized spacial score (nSPS) is 16.3. The second kappa shape index (κ2) is 4.30. The molecule has 3 aromatic rings. The van der Waals surface area contributed by atoms with Crippen molar-refractivity contribution in [3.05, 3.63) is 51.9 Å². The molecule has 0 fully saturated rings. The predicted molar refractivity (Wildman–Crippen MR) is 81.2 cm³/mol. The molecule has 1 aliphatic heterocycles. The highest BCUT2D eigenvalue weighted by atomic mass is 16.4. The fraction of sp³-hybridized carbons (Fsp3) is 0.188. The Morgan fingerprint density at radius 2 is 2.18 bits per heavy atom. The van der Waals surface area contributed by atoms with Crippen LogP contribution in [0.15, 0.2) is 35.3 Å². The number of carbonyl (C=O) groups is 1. The third-order valence-electron chi connectivity index (χ3n) is 4.20. The highest BCUT2D eigenvalue weighted by Gasteiger charge is 2.28. The van der Waals surface area contributed by atoms with E-state index in [1.807, 2.05) is 31.2 Å². The molecule has 1 unspecified atom stereocenters. The number of hydrogen-bond donors (Lipinski definition) is 2. The van der Waals surface area contributed by atoms with Gasteiger partial charge in [0.25, 0.3) is 5.56 Å². The Morgan fingerprint density at radius 1 is 1.41 bits per heavy atom. The van der Waals surface area contributed by atoms with Gasteiger partial charge in [0.05, 0.1) is 5.69 Å². The van der Waals surface area contributed by atoms with Gasteiger partial charge in [0.15, 0.2) is 5.82 Å². The van der Waals surface area contributed by atoms with Gasteiger partial charge in [0.1, 0.15) is 5.56 Å². The molecule has 0 saturated carbocycles. The minimum Gasteiger partial charge on any atom is -0.477 e. The number of benzene rings is 1. The molecule has 2 aromatic heterocycles. The van der Waals surface area contributed by atoms with Crippen LogP contribution in [0.25, 0.3) is 22.4 Å². The molecule has 0 saturated heterocycles. The molecular weight excluding hydrogens is 282 g/mol. The Kier molecular flexibility index (Phi) is 2.51. The summed E-state index contributed by atoms with van der Waals surface area (Å²) in [6.07, 6.45) is 1.81. The van der Waals surface area contributed by atoms with Crippen LogP contribution in [0, 0.1) is 0 Å². The van der Waals surface area contributed by atoms with Gasteiger partial charge >= 0.3 is 5.97 Å². The number of aromatic carboxylic acids is 1. The number of carboxylic acid groups (broad SMARTS) is 1. The number of nitrogens with zero attached hydrogens (tertiary/aromatic N) is 2. The number of rotatable bonds is 1. The predicted octanol–water partition coefficient (Wildman–Crippen LogP) is 2.21. The van der Waals surface area contributed by atoms with Crippen molar-refractivity contribution in [3.8, 4) is 11.5 Å². The number of fused-ring (bicyclic) bond motifs is 5. The Hall–Kier alpha value is -2.89. The van der Waals surface area contributed by atoms with Crippen LogP contribution in [0.3, 0.4) is 0 Å². The summed E-state index contributed by atoms with van der Waals surface area (Å²) in [5.74, 6) is -0.748. The fourth-order valence-corrected chi connectivity index (χ4v) is 3.20. The van der Waals surface area contributed by atoms with Gasteiger partial charge in [-0.05, 0) is 25.0 Å². The van der Waals surface area contributed by atoms with Gasteiger partial charge < -0.3 is 10.1 Å². The SMILES string of the molecule is CC1Cc2c([nH]c3ccccc23)-c2ncc(C(=O)O)c(=O)n21. The number of hydrogen-bond acceptors (Lipinski definition) is 3. The lowest BCUT2D eigenvalue weighted by atomic mass is 9.98. The third kappa shape index (κ3) is 1.57. The minimum absolute atomic E-state index is 0.138. The molecule has 1 aliphatic rings. The molecule has 4 rings (SSSR count).